The van der Waals surface area contributed by atoms with E-state index < -0.39 is 10.0 Å². The van der Waals surface area contributed by atoms with Gasteiger partial charge in [0.25, 0.3) is 5.91 Å². The molecule has 0 aliphatic carbocycles. The van der Waals surface area contributed by atoms with Crippen LogP contribution in [-0.4, -0.2) is 71.3 Å². The molecule has 0 atom stereocenters. The van der Waals surface area contributed by atoms with Crippen LogP contribution in [0.3, 0.4) is 0 Å². The number of ether oxygens (including phenoxy) is 2. The van der Waals surface area contributed by atoms with Crippen LogP contribution in [0.2, 0.25) is 0 Å². The lowest BCUT2D eigenvalue weighted by Gasteiger charge is -2.35. The number of carbonyl (C=O) groups excluding carboxylic acids is 1. The molecule has 10 heteroatoms. The van der Waals surface area contributed by atoms with E-state index in [9.17, 15) is 17.6 Å². The fourth-order valence-electron chi connectivity index (χ4n) is 3.50. The average molecular weight is 466 g/mol. The molecule has 0 radical (unpaired) electrons. The van der Waals surface area contributed by atoms with Gasteiger partial charge in [0.1, 0.15) is 17.3 Å². The largest absolute Gasteiger partial charge is 0.497 e. The maximum absolute atomic E-state index is 13.1. The Morgan fingerprint density at radius 2 is 1.59 bits per heavy atom. The molecular formula is C22H28FN3O5S. The molecular weight excluding hydrogens is 437 g/mol. The number of carbonyl (C=O) groups is 1. The summed E-state index contributed by atoms with van der Waals surface area (Å²) in [4.78, 5) is 14.4. The topological polar surface area (TPSA) is 88.2 Å². The number of rotatable bonds is 9. The fourth-order valence-corrected chi connectivity index (χ4v) is 4.99. The first-order valence-corrected chi connectivity index (χ1v) is 11.9. The van der Waals surface area contributed by atoms with Gasteiger partial charge in [-0.2, -0.15) is 4.31 Å². The maximum Gasteiger partial charge on any atom is 0.251 e. The quantitative estimate of drug-likeness (QED) is 0.571. The Hall–Kier alpha value is -2.85. The Balaban J connectivity index is 1.45. The highest BCUT2D eigenvalue weighted by atomic mass is 32.2. The molecule has 1 N–H and O–H groups in total. The lowest BCUT2D eigenvalue weighted by atomic mass is 10.2. The Morgan fingerprint density at radius 1 is 1.00 bits per heavy atom. The summed E-state index contributed by atoms with van der Waals surface area (Å²) in [6, 6.07) is 11.0. The Labute approximate surface area is 188 Å². The van der Waals surface area contributed by atoms with Gasteiger partial charge in [0.05, 0.1) is 20.0 Å². The molecule has 1 amide bonds. The number of nitrogens with one attached hydrogen (secondary N) is 1. The van der Waals surface area contributed by atoms with Crippen molar-refractivity contribution >= 4 is 21.6 Å². The number of halogens is 1. The predicted octanol–water partition coefficient (Wildman–Crippen LogP) is 2.11. The van der Waals surface area contributed by atoms with Gasteiger partial charge in [-0.3, -0.25) is 4.79 Å². The van der Waals surface area contributed by atoms with E-state index in [1.807, 2.05) is 4.90 Å². The highest BCUT2D eigenvalue weighted by Gasteiger charge is 2.26. The number of nitrogens with zero attached hydrogens (tertiary/aromatic N) is 2. The lowest BCUT2D eigenvalue weighted by molar-refractivity contribution is 0.0953. The van der Waals surface area contributed by atoms with Crippen molar-refractivity contribution in [2.24, 2.45) is 0 Å². The summed E-state index contributed by atoms with van der Waals surface area (Å²) >= 11 is 0. The van der Waals surface area contributed by atoms with Crippen LogP contribution in [0.1, 0.15) is 16.8 Å². The molecule has 3 rings (SSSR count). The van der Waals surface area contributed by atoms with Crippen molar-refractivity contribution in [3.63, 3.8) is 0 Å². The number of amides is 1. The molecule has 8 nitrogen and oxygen atoms in total. The maximum atomic E-state index is 13.1. The Morgan fingerprint density at radius 3 is 2.16 bits per heavy atom. The molecule has 0 aromatic heterocycles. The minimum absolute atomic E-state index is 0.0503. The van der Waals surface area contributed by atoms with Crippen LogP contribution in [0.25, 0.3) is 0 Å². The zero-order chi connectivity index (χ0) is 23.1. The summed E-state index contributed by atoms with van der Waals surface area (Å²) in [7, 11) is -0.423. The van der Waals surface area contributed by atoms with E-state index in [1.165, 1.54) is 30.7 Å². The fraction of sp³-hybridized carbons (Fsp3) is 0.409. The normalized spacial score (nSPS) is 14.8. The third-order valence-corrected chi connectivity index (χ3v) is 7.26. The van der Waals surface area contributed by atoms with Gasteiger partial charge >= 0.3 is 0 Å². The van der Waals surface area contributed by atoms with E-state index in [2.05, 4.69) is 5.32 Å². The van der Waals surface area contributed by atoms with Gasteiger partial charge < -0.3 is 19.7 Å². The molecule has 1 aliphatic heterocycles. The smallest absolute Gasteiger partial charge is 0.251 e. The number of benzene rings is 2. The molecule has 2 aromatic carbocycles. The van der Waals surface area contributed by atoms with Crippen LogP contribution < -0.4 is 19.7 Å². The second-order valence-electron chi connectivity index (χ2n) is 7.39. The van der Waals surface area contributed by atoms with Crippen molar-refractivity contribution in [3.05, 3.63) is 53.8 Å². The summed E-state index contributed by atoms with van der Waals surface area (Å²) in [5, 5.41) is 2.74. The minimum atomic E-state index is -3.42. The number of hydrogen-bond donors (Lipinski definition) is 1. The summed E-state index contributed by atoms with van der Waals surface area (Å²) in [6.45, 7) is 2.05. The van der Waals surface area contributed by atoms with Crippen molar-refractivity contribution < 1.29 is 27.1 Å². The molecule has 174 valence electrons. The number of sulfonamides is 1. The van der Waals surface area contributed by atoms with E-state index >= 15 is 0 Å². The van der Waals surface area contributed by atoms with Crippen LogP contribution in [0.4, 0.5) is 10.1 Å². The van der Waals surface area contributed by atoms with Gasteiger partial charge in [-0.15, -0.1) is 0 Å². The second-order valence-corrected chi connectivity index (χ2v) is 9.48. The molecule has 0 spiro atoms. The second kappa shape index (κ2) is 10.6. The standard InChI is InChI=1S/C22H28FN3O5S/c1-30-20-14-17(15-21(16-20)31-2)22(27)24-8-3-13-32(28,29)26-11-9-25(10-12-26)19-6-4-18(23)5-7-19/h4-7,14-16H,3,8-13H2,1-2H3,(H,24,27). The third-order valence-electron chi connectivity index (χ3n) is 5.30. The van der Waals surface area contributed by atoms with Crippen LogP contribution in [0.15, 0.2) is 42.5 Å². The molecule has 2 aromatic rings. The van der Waals surface area contributed by atoms with Crippen LogP contribution in [0, 0.1) is 5.82 Å². The van der Waals surface area contributed by atoms with Crippen molar-refractivity contribution in [1.82, 2.24) is 9.62 Å². The van der Waals surface area contributed by atoms with E-state index in [1.54, 1.807) is 30.3 Å². The summed E-state index contributed by atoms with van der Waals surface area (Å²) in [5.74, 6) is 0.319. The van der Waals surface area contributed by atoms with Crippen LogP contribution in [-0.2, 0) is 10.0 Å². The first-order valence-electron chi connectivity index (χ1n) is 10.3. The van der Waals surface area contributed by atoms with E-state index in [4.69, 9.17) is 9.47 Å². The van der Waals surface area contributed by atoms with Crippen molar-refractivity contribution in [2.75, 3.05) is 57.6 Å². The number of methoxy groups -OCH3 is 2. The van der Waals surface area contributed by atoms with E-state index in [0.717, 1.165) is 5.69 Å². The molecule has 1 heterocycles. The molecule has 0 unspecified atom stereocenters. The Bertz CT molecular complexity index is 1000. The number of anilines is 1. The highest BCUT2D eigenvalue weighted by Crippen LogP contribution is 2.22. The zero-order valence-electron chi connectivity index (χ0n) is 18.2. The first-order chi connectivity index (χ1) is 15.3. The molecule has 1 aliphatic rings. The zero-order valence-corrected chi connectivity index (χ0v) is 19.0. The highest BCUT2D eigenvalue weighted by molar-refractivity contribution is 7.89. The average Bonchev–Trinajstić information content (AvgIpc) is 2.82. The SMILES string of the molecule is COc1cc(OC)cc(C(=O)NCCCS(=O)(=O)N2CCN(c3ccc(F)cc3)CC2)c1. The minimum Gasteiger partial charge on any atom is -0.497 e. The molecule has 32 heavy (non-hydrogen) atoms. The van der Waals surface area contributed by atoms with Crippen molar-refractivity contribution in [2.45, 2.75) is 6.42 Å². The van der Waals surface area contributed by atoms with Gasteiger partial charge in [0, 0.05) is 50.0 Å². The van der Waals surface area contributed by atoms with Gasteiger partial charge in [-0.1, -0.05) is 0 Å². The van der Waals surface area contributed by atoms with Gasteiger partial charge in [0.15, 0.2) is 0 Å². The molecule has 0 bridgehead atoms. The lowest BCUT2D eigenvalue weighted by Crippen LogP contribution is -2.49. The van der Waals surface area contributed by atoms with Crippen LogP contribution in [0.5, 0.6) is 11.5 Å². The third kappa shape index (κ3) is 6.10. The summed E-state index contributed by atoms with van der Waals surface area (Å²) < 4.78 is 50.2. The predicted molar refractivity (Wildman–Crippen MR) is 120 cm³/mol. The number of hydrogen-bond acceptors (Lipinski definition) is 6. The van der Waals surface area contributed by atoms with E-state index in [0.29, 0.717) is 49.7 Å². The van der Waals surface area contributed by atoms with Crippen molar-refractivity contribution in [1.29, 1.82) is 0 Å². The van der Waals surface area contributed by atoms with Gasteiger partial charge in [-0.25, -0.2) is 12.8 Å². The molecule has 1 fully saturated rings. The summed E-state index contributed by atoms with van der Waals surface area (Å²) in [5.41, 5.74) is 1.25. The molecule has 0 saturated carbocycles. The monoisotopic (exact) mass is 465 g/mol. The number of piperazine rings is 1. The Kier molecular flexibility index (Phi) is 7.92. The van der Waals surface area contributed by atoms with E-state index in [-0.39, 0.29) is 24.0 Å². The summed E-state index contributed by atoms with van der Waals surface area (Å²) in [6.07, 6.45) is 0.299. The van der Waals surface area contributed by atoms with Gasteiger partial charge in [-0.05, 0) is 42.8 Å². The van der Waals surface area contributed by atoms with Gasteiger partial charge in [0.2, 0.25) is 10.0 Å². The van der Waals surface area contributed by atoms with Crippen molar-refractivity contribution in [3.8, 4) is 11.5 Å². The first kappa shape index (κ1) is 23.8. The van der Waals surface area contributed by atoms with Crippen LogP contribution >= 0.6 is 0 Å². The molecule has 1 saturated heterocycles.